The van der Waals surface area contributed by atoms with Crippen molar-refractivity contribution in [3.05, 3.63) is 22.3 Å². The highest BCUT2D eigenvalue weighted by Gasteiger charge is 2.22. The van der Waals surface area contributed by atoms with E-state index in [0.29, 0.717) is 6.04 Å². The molecular formula is C14H21BrN2. The molecule has 1 aromatic heterocycles. The third kappa shape index (κ3) is 3.01. The fourth-order valence-corrected chi connectivity index (χ4v) is 2.75. The Labute approximate surface area is 113 Å². The van der Waals surface area contributed by atoms with Crippen LogP contribution >= 0.6 is 15.9 Å². The Morgan fingerprint density at radius 3 is 2.53 bits per heavy atom. The molecule has 3 heteroatoms. The van der Waals surface area contributed by atoms with Crippen molar-refractivity contribution < 1.29 is 0 Å². The standard InChI is InChI=1S/C14H21BrN2/c1-10-4-6-12(7-5-10)17(3)14-8-11(2)13(15)9-16-14/h8-10,12H,4-7H2,1-3H3. The molecule has 2 rings (SSSR count). The van der Waals surface area contributed by atoms with Crippen LogP contribution in [0, 0.1) is 12.8 Å². The second kappa shape index (κ2) is 5.38. The minimum Gasteiger partial charge on any atom is -0.357 e. The lowest BCUT2D eigenvalue weighted by Crippen LogP contribution is -2.35. The first-order chi connectivity index (χ1) is 8.08. The van der Waals surface area contributed by atoms with Crippen molar-refractivity contribution in [2.75, 3.05) is 11.9 Å². The van der Waals surface area contributed by atoms with E-state index in [2.05, 4.69) is 52.8 Å². The summed E-state index contributed by atoms with van der Waals surface area (Å²) in [6.07, 6.45) is 7.21. The number of pyridine rings is 1. The van der Waals surface area contributed by atoms with E-state index in [1.807, 2.05) is 6.20 Å². The van der Waals surface area contributed by atoms with Crippen LogP contribution in [0.4, 0.5) is 5.82 Å². The Morgan fingerprint density at radius 1 is 1.29 bits per heavy atom. The van der Waals surface area contributed by atoms with Crippen LogP contribution in [0.15, 0.2) is 16.7 Å². The number of anilines is 1. The normalized spacial score (nSPS) is 24.7. The maximum Gasteiger partial charge on any atom is 0.128 e. The fraction of sp³-hybridized carbons (Fsp3) is 0.643. The molecule has 0 radical (unpaired) electrons. The molecule has 0 bridgehead atoms. The molecule has 1 aromatic rings. The molecule has 0 saturated heterocycles. The Bertz CT molecular complexity index is 384. The maximum absolute atomic E-state index is 4.51. The zero-order valence-electron chi connectivity index (χ0n) is 10.9. The summed E-state index contributed by atoms with van der Waals surface area (Å²) in [5.74, 6) is 2.00. The van der Waals surface area contributed by atoms with Gasteiger partial charge in [0.05, 0.1) is 0 Å². The average Bonchev–Trinajstić information content (AvgIpc) is 2.33. The van der Waals surface area contributed by atoms with Gasteiger partial charge in [0.1, 0.15) is 5.82 Å². The van der Waals surface area contributed by atoms with E-state index in [9.17, 15) is 0 Å². The molecule has 17 heavy (non-hydrogen) atoms. The molecule has 1 saturated carbocycles. The first kappa shape index (κ1) is 12.9. The lowest BCUT2D eigenvalue weighted by Gasteiger charge is -2.34. The van der Waals surface area contributed by atoms with Crippen LogP contribution in [0.25, 0.3) is 0 Å². The molecule has 0 aliphatic heterocycles. The Hall–Kier alpha value is -0.570. The largest absolute Gasteiger partial charge is 0.357 e. The molecule has 1 aliphatic rings. The van der Waals surface area contributed by atoms with E-state index >= 15 is 0 Å². The van der Waals surface area contributed by atoms with Crippen molar-refractivity contribution in [2.24, 2.45) is 5.92 Å². The fourth-order valence-electron chi connectivity index (χ4n) is 2.53. The summed E-state index contributed by atoms with van der Waals surface area (Å²) < 4.78 is 1.09. The van der Waals surface area contributed by atoms with E-state index in [-0.39, 0.29) is 0 Å². The lowest BCUT2D eigenvalue weighted by molar-refractivity contribution is 0.340. The molecule has 94 valence electrons. The zero-order valence-corrected chi connectivity index (χ0v) is 12.5. The van der Waals surface area contributed by atoms with Gasteiger partial charge in [0.15, 0.2) is 0 Å². The van der Waals surface area contributed by atoms with Crippen LogP contribution in [0.2, 0.25) is 0 Å². The van der Waals surface area contributed by atoms with E-state index < -0.39 is 0 Å². The second-order valence-electron chi connectivity index (χ2n) is 5.32. The van der Waals surface area contributed by atoms with Gasteiger partial charge in [-0.1, -0.05) is 6.92 Å². The molecule has 0 atom stereocenters. The summed E-state index contributed by atoms with van der Waals surface area (Å²) in [5.41, 5.74) is 1.26. The number of halogens is 1. The Morgan fingerprint density at radius 2 is 1.94 bits per heavy atom. The molecule has 0 unspecified atom stereocenters. The summed E-state index contributed by atoms with van der Waals surface area (Å²) in [6, 6.07) is 2.83. The molecule has 1 heterocycles. The monoisotopic (exact) mass is 296 g/mol. The predicted octanol–water partition coefficient (Wildman–Crippen LogP) is 4.17. The van der Waals surface area contributed by atoms with Gasteiger partial charge in [-0.25, -0.2) is 4.98 Å². The van der Waals surface area contributed by atoms with Crippen LogP contribution in [0.1, 0.15) is 38.2 Å². The van der Waals surface area contributed by atoms with Crippen molar-refractivity contribution in [3.63, 3.8) is 0 Å². The van der Waals surface area contributed by atoms with Crippen LogP contribution in [-0.2, 0) is 0 Å². The van der Waals surface area contributed by atoms with Crippen LogP contribution < -0.4 is 4.90 Å². The van der Waals surface area contributed by atoms with Crippen LogP contribution in [-0.4, -0.2) is 18.1 Å². The van der Waals surface area contributed by atoms with Crippen LogP contribution in [0.3, 0.4) is 0 Å². The lowest BCUT2D eigenvalue weighted by atomic mass is 9.87. The van der Waals surface area contributed by atoms with Gasteiger partial charge in [0.25, 0.3) is 0 Å². The summed E-state index contributed by atoms with van der Waals surface area (Å²) in [7, 11) is 2.18. The van der Waals surface area contributed by atoms with Gasteiger partial charge < -0.3 is 4.90 Å². The number of aromatic nitrogens is 1. The van der Waals surface area contributed by atoms with Crippen molar-refractivity contribution in [1.29, 1.82) is 0 Å². The van der Waals surface area contributed by atoms with Crippen molar-refractivity contribution in [3.8, 4) is 0 Å². The highest BCUT2D eigenvalue weighted by Crippen LogP contribution is 2.29. The first-order valence-electron chi connectivity index (χ1n) is 6.43. The number of nitrogens with zero attached hydrogens (tertiary/aromatic N) is 2. The van der Waals surface area contributed by atoms with E-state index in [1.165, 1.54) is 31.2 Å². The van der Waals surface area contributed by atoms with Gasteiger partial charge in [0, 0.05) is 23.8 Å². The van der Waals surface area contributed by atoms with E-state index in [1.54, 1.807) is 0 Å². The molecule has 0 amide bonds. The second-order valence-corrected chi connectivity index (χ2v) is 6.17. The Kier molecular flexibility index (Phi) is 4.08. The Balaban J connectivity index is 2.08. The average molecular weight is 297 g/mol. The third-order valence-corrected chi connectivity index (χ3v) is 4.76. The highest BCUT2D eigenvalue weighted by atomic mass is 79.9. The maximum atomic E-state index is 4.51. The topological polar surface area (TPSA) is 16.1 Å². The number of rotatable bonds is 2. The van der Waals surface area contributed by atoms with Gasteiger partial charge in [-0.05, 0) is 66.1 Å². The number of hydrogen-bond donors (Lipinski definition) is 0. The van der Waals surface area contributed by atoms with Gasteiger partial charge >= 0.3 is 0 Å². The SMILES string of the molecule is Cc1cc(N(C)C2CCC(C)CC2)ncc1Br. The summed E-state index contributed by atoms with van der Waals surface area (Å²) in [4.78, 5) is 6.86. The first-order valence-corrected chi connectivity index (χ1v) is 7.22. The zero-order chi connectivity index (χ0) is 12.4. The van der Waals surface area contributed by atoms with Gasteiger partial charge in [-0.15, -0.1) is 0 Å². The number of hydrogen-bond acceptors (Lipinski definition) is 2. The van der Waals surface area contributed by atoms with Crippen molar-refractivity contribution >= 4 is 21.7 Å². The highest BCUT2D eigenvalue weighted by molar-refractivity contribution is 9.10. The summed E-state index contributed by atoms with van der Waals surface area (Å²) in [5, 5.41) is 0. The molecule has 0 spiro atoms. The minimum atomic E-state index is 0.666. The predicted molar refractivity (Wildman–Crippen MR) is 76.5 cm³/mol. The minimum absolute atomic E-state index is 0.666. The smallest absolute Gasteiger partial charge is 0.128 e. The summed E-state index contributed by atoms with van der Waals surface area (Å²) in [6.45, 7) is 4.48. The molecule has 0 N–H and O–H groups in total. The van der Waals surface area contributed by atoms with Gasteiger partial charge in [0.2, 0.25) is 0 Å². The van der Waals surface area contributed by atoms with Crippen molar-refractivity contribution in [1.82, 2.24) is 4.98 Å². The molecule has 0 aromatic carbocycles. The third-order valence-electron chi connectivity index (χ3n) is 3.93. The van der Waals surface area contributed by atoms with Gasteiger partial charge in [-0.2, -0.15) is 0 Å². The molecular weight excluding hydrogens is 276 g/mol. The molecule has 1 aliphatic carbocycles. The quantitative estimate of drug-likeness (QED) is 0.814. The summed E-state index contributed by atoms with van der Waals surface area (Å²) >= 11 is 3.50. The van der Waals surface area contributed by atoms with E-state index in [4.69, 9.17) is 0 Å². The molecule has 2 nitrogen and oxygen atoms in total. The van der Waals surface area contributed by atoms with Crippen LogP contribution in [0.5, 0.6) is 0 Å². The molecule has 1 fully saturated rings. The van der Waals surface area contributed by atoms with Gasteiger partial charge in [-0.3, -0.25) is 0 Å². The van der Waals surface area contributed by atoms with E-state index in [0.717, 1.165) is 16.2 Å². The van der Waals surface area contributed by atoms with Crippen molar-refractivity contribution in [2.45, 2.75) is 45.6 Å². The number of aryl methyl sites for hydroxylation is 1.